The molecule has 4 rings (SSSR count). The van der Waals surface area contributed by atoms with Crippen molar-refractivity contribution in [3.8, 4) is 11.1 Å². The van der Waals surface area contributed by atoms with Crippen LogP contribution in [0, 0.1) is 0 Å². The van der Waals surface area contributed by atoms with Crippen molar-refractivity contribution in [1.82, 2.24) is 0 Å². The van der Waals surface area contributed by atoms with E-state index in [-0.39, 0.29) is 24.8 Å². The van der Waals surface area contributed by atoms with E-state index in [1.807, 2.05) is 0 Å². The van der Waals surface area contributed by atoms with E-state index in [4.69, 9.17) is 0 Å². The second kappa shape index (κ2) is 7.76. The topological polar surface area (TPSA) is 0 Å². The molecule has 1 unspecified atom stereocenters. The monoisotopic (exact) mass is 478 g/mol. The molecule has 0 nitrogen and oxygen atoms in total. The predicted molar refractivity (Wildman–Crippen MR) is 120 cm³/mol. The SMILES string of the molecule is Cl.Cl.[CH3][Zr]([CH3])(=[SiH2])([C]1=CC=CC1)[CH]1C=Cc2c(-c3ccccc3)cccc21. The molecule has 0 saturated carbocycles. The first-order valence-corrected chi connectivity index (χ1v) is 22.2. The third-order valence-electron chi connectivity index (χ3n) is 5.84. The molecule has 2 aliphatic carbocycles. The fraction of sp³-hybridized carbons (Fsp3) is 0.182. The summed E-state index contributed by atoms with van der Waals surface area (Å²) < 4.78 is 7.60. The Bertz CT molecular complexity index is 965. The van der Waals surface area contributed by atoms with Crippen LogP contribution < -0.4 is 0 Å². The zero-order valence-electron chi connectivity index (χ0n) is 15.3. The summed E-state index contributed by atoms with van der Waals surface area (Å²) in [4.78, 5) is 0. The first kappa shape index (κ1) is 21.6. The van der Waals surface area contributed by atoms with E-state index in [0.717, 1.165) is 0 Å². The summed E-state index contributed by atoms with van der Waals surface area (Å²) in [6.45, 7) is 2.35. The van der Waals surface area contributed by atoms with Crippen LogP contribution in [0.25, 0.3) is 17.2 Å². The van der Waals surface area contributed by atoms with Crippen molar-refractivity contribution in [2.24, 2.45) is 0 Å². The molecule has 26 heavy (non-hydrogen) atoms. The van der Waals surface area contributed by atoms with Crippen LogP contribution in [0.5, 0.6) is 0 Å². The van der Waals surface area contributed by atoms with Crippen LogP contribution in [-0.2, 0) is 17.4 Å². The average molecular weight is 481 g/mol. The molecule has 0 spiro atoms. The third kappa shape index (κ3) is 3.54. The zero-order chi connectivity index (χ0) is 16.8. The first-order valence-electron chi connectivity index (χ1n) is 8.76. The molecule has 0 fully saturated rings. The van der Waals surface area contributed by atoms with Gasteiger partial charge in [0.15, 0.2) is 0 Å². The molecule has 1 atom stereocenters. The van der Waals surface area contributed by atoms with Crippen molar-refractivity contribution in [2.75, 3.05) is 0 Å². The van der Waals surface area contributed by atoms with Crippen molar-refractivity contribution in [3.63, 3.8) is 0 Å². The summed E-state index contributed by atoms with van der Waals surface area (Å²) in [5.74, 6) is 0. The van der Waals surface area contributed by atoms with E-state index in [9.17, 15) is 0 Å². The van der Waals surface area contributed by atoms with Gasteiger partial charge in [0.25, 0.3) is 0 Å². The average Bonchev–Trinajstić information content (AvgIpc) is 3.25. The third-order valence-corrected chi connectivity index (χ3v) is 23.4. The number of hydrogen-bond donors (Lipinski definition) is 0. The molecular weight excluding hydrogens is 454 g/mol. The van der Waals surface area contributed by atoms with Crippen molar-refractivity contribution >= 4 is 37.8 Å². The summed E-state index contributed by atoms with van der Waals surface area (Å²) in [5.41, 5.74) is 5.69. The minimum atomic E-state index is -2.98. The molecule has 0 saturated heterocycles. The molecule has 0 N–H and O–H groups in total. The van der Waals surface area contributed by atoms with Gasteiger partial charge in [0.2, 0.25) is 0 Å². The van der Waals surface area contributed by atoms with E-state index >= 15 is 0 Å². The van der Waals surface area contributed by atoms with Crippen LogP contribution >= 0.6 is 24.8 Å². The summed E-state index contributed by atoms with van der Waals surface area (Å²) in [7, 11) is 0. The molecule has 2 aliphatic rings. The van der Waals surface area contributed by atoms with Crippen molar-refractivity contribution in [1.29, 1.82) is 0 Å². The molecule has 0 aliphatic heterocycles. The van der Waals surface area contributed by atoms with Gasteiger partial charge in [-0.05, 0) is 0 Å². The van der Waals surface area contributed by atoms with E-state index in [2.05, 4.69) is 95.1 Å². The fourth-order valence-corrected chi connectivity index (χ4v) is 17.3. The Kier molecular flexibility index (Phi) is 6.46. The van der Waals surface area contributed by atoms with Gasteiger partial charge in [0.1, 0.15) is 0 Å². The normalized spacial score (nSPS) is 18.0. The van der Waals surface area contributed by atoms with E-state index < -0.39 is 17.4 Å². The summed E-state index contributed by atoms with van der Waals surface area (Å²) >= 11 is -2.98. The Labute approximate surface area is 171 Å². The summed E-state index contributed by atoms with van der Waals surface area (Å²) in [6, 6.07) is 17.7. The van der Waals surface area contributed by atoms with Crippen LogP contribution in [0.2, 0.25) is 9.26 Å². The molecule has 0 heterocycles. The minimum absolute atomic E-state index is 0. The Hall–Kier alpha value is -0.660. The van der Waals surface area contributed by atoms with Gasteiger partial charge in [-0.3, -0.25) is 0 Å². The number of hydrogen-bond acceptors (Lipinski definition) is 0. The van der Waals surface area contributed by atoms with Crippen LogP contribution in [0.15, 0.2) is 76.1 Å². The molecule has 4 heteroatoms. The van der Waals surface area contributed by atoms with Crippen LogP contribution in [0.1, 0.15) is 21.2 Å². The molecule has 0 amide bonds. The van der Waals surface area contributed by atoms with Crippen LogP contribution in [0.4, 0.5) is 0 Å². The molecule has 0 aromatic heterocycles. The maximum absolute atomic E-state index is 2.98. The first-order chi connectivity index (χ1) is 11.5. The summed E-state index contributed by atoms with van der Waals surface area (Å²) in [6.07, 6.45) is 13.0. The van der Waals surface area contributed by atoms with Gasteiger partial charge in [-0.1, -0.05) is 0 Å². The van der Waals surface area contributed by atoms with Crippen molar-refractivity contribution in [3.05, 3.63) is 87.2 Å². The van der Waals surface area contributed by atoms with Gasteiger partial charge in [-0.2, -0.15) is 0 Å². The molecular formula is C22H26Cl2SiZr. The Morgan fingerprint density at radius 2 is 1.69 bits per heavy atom. The van der Waals surface area contributed by atoms with Gasteiger partial charge in [0.05, 0.1) is 0 Å². The Balaban J connectivity index is 0.00000121. The van der Waals surface area contributed by atoms with Gasteiger partial charge in [-0.15, -0.1) is 24.8 Å². The number of allylic oxidation sites excluding steroid dienone is 5. The molecule has 2 aromatic rings. The zero-order valence-corrected chi connectivity index (χ0v) is 20.8. The number of halogens is 2. The standard InChI is InChI=1S/C15H11.C5H5.2CH3.2ClH.H2Si.Zr/c1-2-6-12(7-3-1)14-10-4-8-13-9-5-11-15(13)14;1-2-4-5-3-1;;;;;;/h1-11H;1-3H,4H2;2*1H3;2*1H;1H2;. The summed E-state index contributed by atoms with van der Waals surface area (Å²) in [5, 5.41) is 0. The number of rotatable bonds is 3. The number of fused-ring (bicyclic) bond motifs is 1. The van der Waals surface area contributed by atoms with E-state index in [1.54, 1.807) is 8.84 Å². The van der Waals surface area contributed by atoms with Crippen LogP contribution in [-0.4, -0.2) is 6.88 Å². The molecule has 0 radical (unpaired) electrons. The molecule has 2 aromatic carbocycles. The quantitative estimate of drug-likeness (QED) is 0.443. The molecule has 136 valence electrons. The Morgan fingerprint density at radius 1 is 0.962 bits per heavy atom. The fourth-order valence-electron chi connectivity index (χ4n) is 4.27. The Morgan fingerprint density at radius 3 is 2.35 bits per heavy atom. The number of benzene rings is 2. The maximum atomic E-state index is 2.62. The second-order valence-corrected chi connectivity index (χ2v) is 37.9. The van der Waals surface area contributed by atoms with E-state index in [0.29, 0.717) is 3.63 Å². The van der Waals surface area contributed by atoms with Gasteiger partial charge >= 0.3 is 148 Å². The van der Waals surface area contributed by atoms with Crippen molar-refractivity contribution < 1.29 is 17.4 Å². The predicted octanol–water partition coefficient (Wildman–Crippen LogP) is 6.44. The van der Waals surface area contributed by atoms with E-state index in [1.165, 1.54) is 23.1 Å². The van der Waals surface area contributed by atoms with Gasteiger partial charge in [-0.25, -0.2) is 0 Å². The van der Waals surface area contributed by atoms with Gasteiger partial charge in [0, 0.05) is 0 Å². The van der Waals surface area contributed by atoms with Crippen LogP contribution in [0.3, 0.4) is 0 Å². The molecule has 0 bridgehead atoms. The van der Waals surface area contributed by atoms with Crippen molar-refractivity contribution in [2.45, 2.75) is 19.3 Å². The van der Waals surface area contributed by atoms with Gasteiger partial charge < -0.3 is 0 Å². The second-order valence-electron chi connectivity index (χ2n) is 8.15.